The van der Waals surface area contributed by atoms with Crippen LogP contribution in [0, 0.1) is 0 Å². The van der Waals surface area contributed by atoms with E-state index < -0.39 is 11.8 Å². The van der Waals surface area contributed by atoms with E-state index in [-0.39, 0.29) is 32.0 Å². The average Bonchev–Trinajstić information content (AvgIpc) is 2.73. The third-order valence-electron chi connectivity index (χ3n) is 5.75. The van der Waals surface area contributed by atoms with Crippen molar-refractivity contribution in [2.45, 2.75) is 56.6 Å². The maximum Gasteiger partial charge on any atom is 0.417 e. The van der Waals surface area contributed by atoms with Crippen molar-refractivity contribution < 1.29 is 17.9 Å². The maximum absolute atomic E-state index is 13.8. The summed E-state index contributed by atoms with van der Waals surface area (Å²) in [6.07, 6.45) is -3.53. The van der Waals surface area contributed by atoms with E-state index in [9.17, 15) is 13.2 Å². The topological polar surface area (TPSA) is 38.5 Å². The summed E-state index contributed by atoms with van der Waals surface area (Å²) >= 11 is 0. The van der Waals surface area contributed by atoms with Crippen molar-refractivity contribution in [2.75, 3.05) is 13.2 Å². The van der Waals surface area contributed by atoms with Crippen molar-refractivity contribution in [3.05, 3.63) is 71.8 Å². The third-order valence-corrected chi connectivity index (χ3v) is 5.75. The minimum atomic E-state index is -4.38. The van der Waals surface area contributed by atoms with Gasteiger partial charge in [0.25, 0.3) is 0 Å². The number of benzene rings is 2. The second-order valence-electron chi connectivity index (χ2n) is 7.74. The van der Waals surface area contributed by atoms with Crippen LogP contribution in [0.2, 0.25) is 0 Å². The van der Waals surface area contributed by atoms with Gasteiger partial charge in [0.05, 0.1) is 6.61 Å². The SMILES string of the molecule is NCCO[C@]1(C(F)(F)F)CC[C@@H](N(Cc2ccccc2)Cc2ccccc2)CC1. The summed E-state index contributed by atoms with van der Waals surface area (Å²) in [4.78, 5) is 2.30. The smallest absolute Gasteiger partial charge is 0.364 e. The highest BCUT2D eigenvalue weighted by Crippen LogP contribution is 2.45. The summed E-state index contributed by atoms with van der Waals surface area (Å²) in [5.74, 6) is 0. The molecule has 0 aliphatic heterocycles. The van der Waals surface area contributed by atoms with Gasteiger partial charge >= 0.3 is 6.18 Å². The molecule has 0 amide bonds. The van der Waals surface area contributed by atoms with E-state index in [1.807, 2.05) is 36.4 Å². The molecule has 2 aromatic carbocycles. The number of hydrogen-bond donors (Lipinski definition) is 1. The fourth-order valence-corrected chi connectivity index (χ4v) is 4.15. The first kappa shape index (κ1) is 21.8. The monoisotopic (exact) mass is 406 g/mol. The molecule has 2 N–H and O–H groups in total. The van der Waals surface area contributed by atoms with Gasteiger partial charge in [0.2, 0.25) is 0 Å². The second-order valence-corrected chi connectivity index (χ2v) is 7.74. The van der Waals surface area contributed by atoms with E-state index in [0.29, 0.717) is 25.9 Å². The third kappa shape index (κ3) is 5.59. The van der Waals surface area contributed by atoms with Gasteiger partial charge in [-0.2, -0.15) is 13.2 Å². The van der Waals surface area contributed by atoms with Crippen LogP contribution in [-0.2, 0) is 17.8 Å². The van der Waals surface area contributed by atoms with Gasteiger partial charge in [-0.25, -0.2) is 0 Å². The van der Waals surface area contributed by atoms with Crippen LogP contribution >= 0.6 is 0 Å². The lowest BCUT2D eigenvalue weighted by molar-refractivity contribution is -0.289. The summed E-state index contributed by atoms with van der Waals surface area (Å²) in [6.45, 7) is 1.45. The van der Waals surface area contributed by atoms with E-state index in [0.717, 1.165) is 11.1 Å². The molecule has 0 saturated heterocycles. The fourth-order valence-electron chi connectivity index (χ4n) is 4.15. The highest BCUT2D eigenvalue weighted by atomic mass is 19.4. The largest absolute Gasteiger partial charge is 0.417 e. The fraction of sp³-hybridized carbons (Fsp3) is 0.478. The summed E-state index contributed by atoms with van der Waals surface area (Å²) in [7, 11) is 0. The first-order valence-corrected chi connectivity index (χ1v) is 10.2. The van der Waals surface area contributed by atoms with Crippen LogP contribution in [0.3, 0.4) is 0 Å². The van der Waals surface area contributed by atoms with Gasteiger partial charge in [0.1, 0.15) is 0 Å². The highest BCUT2D eigenvalue weighted by Gasteiger charge is 2.57. The molecular weight excluding hydrogens is 377 g/mol. The van der Waals surface area contributed by atoms with Crippen LogP contribution < -0.4 is 5.73 Å². The zero-order valence-corrected chi connectivity index (χ0v) is 16.6. The highest BCUT2D eigenvalue weighted by molar-refractivity contribution is 5.17. The van der Waals surface area contributed by atoms with E-state index in [1.165, 1.54) is 0 Å². The standard InChI is InChI=1S/C23H29F3N2O/c24-23(25,26)22(29-16-15-27)13-11-21(12-14-22)28(17-19-7-3-1-4-8-19)18-20-9-5-2-6-10-20/h1-10,21H,11-18,27H2/t21-,22-. The first-order valence-electron chi connectivity index (χ1n) is 10.2. The molecule has 29 heavy (non-hydrogen) atoms. The minimum absolute atomic E-state index is 0.0265. The van der Waals surface area contributed by atoms with Crippen molar-refractivity contribution in [3.8, 4) is 0 Å². The molecule has 0 unspecified atom stereocenters. The summed E-state index contributed by atoms with van der Waals surface area (Å²) < 4.78 is 46.6. The van der Waals surface area contributed by atoms with Crippen LogP contribution in [0.25, 0.3) is 0 Å². The van der Waals surface area contributed by atoms with Gasteiger partial charge in [0, 0.05) is 25.7 Å². The lowest BCUT2D eigenvalue weighted by Crippen LogP contribution is -2.53. The van der Waals surface area contributed by atoms with Crippen LogP contribution in [0.4, 0.5) is 13.2 Å². The van der Waals surface area contributed by atoms with E-state index in [4.69, 9.17) is 10.5 Å². The van der Waals surface area contributed by atoms with Gasteiger partial charge in [-0.3, -0.25) is 4.90 Å². The Morgan fingerprint density at radius 3 is 1.79 bits per heavy atom. The van der Waals surface area contributed by atoms with Gasteiger partial charge in [-0.05, 0) is 36.8 Å². The number of halogens is 3. The lowest BCUT2D eigenvalue weighted by Gasteiger charge is -2.44. The Morgan fingerprint density at radius 1 is 0.897 bits per heavy atom. The van der Waals surface area contributed by atoms with Crippen molar-refractivity contribution in [2.24, 2.45) is 5.73 Å². The van der Waals surface area contributed by atoms with E-state index in [1.54, 1.807) is 0 Å². The quantitative estimate of drug-likeness (QED) is 0.677. The van der Waals surface area contributed by atoms with Gasteiger partial charge < -0.3 is 10.5 Å². The lowest BCUT2D eigenvalue weighted by atomic mass is 9.80. The summed E-state index contributed by atoms with van der Waals surface area (Å²) in [5.41, 5.74) is 5.66. The van der Waals surface area contributed by atoms with Crippen molar-refractivity contribution in [1.82, 2.24) is 4.90 Å². The molecule has 3 rings (SSSR count). The molecule has 3 nitrogen and oxygen atoms in total. The number of nitrogens with two attached hydrogens (primary N) is 1. The van der Waals surface area contributed by atoms with Gasteiger partial charge in [0.15, 0.2) is 5.60 Å². The van der Waals surface area contributed by atoms with E-state index >= 15 is 0 Å². The summed E-state index contributed by atoms with van der Waals surface area (Å²) in [6, 6.07) is 20.2. The van der Waals surface area contributed by atoms with Crippen molar-refractivity contribution in [1.29, 1.82) is 0 Å². The molecule has 2 aromatic rings. The van der Waals surface area contributed by atoms with E-state index in [2.05, 4.69) is 29.2 Å². The average molecular weight is 406 g/mol. The molecule has 0 atom stereocenters. The number of ether oxygens (including phenoxy) is 1. The Bertz CT molecular complexity index is 687. The molecule has 1 fully saturated rings. The second kappa shape index (κ2) is 9.74. The van der Waals surface area contributed by atoms with Gasteiger partial charge in [-0.1, -0.05) is 60.7 Å². The van der Waals surface area contributed by atoms with Crippen LogP contribution in [0.15, 0.2) is 60.7 Å². The van der Waals surface area contributed by atoms with Crippen molar-refractivity contribution in [3.63, 3.8) is 0 Å². The minimum Gasteiger partial charge on any atom is -0.364 e. The molecular formula is C23H29F3N2O. The first-order chi connectivity index (χ1) is 13.9. The van der Waals surface area contributed by atoms with Crippen molar-refractivity contribution >= 4 is 0 Å². The number of hydrogen-bond acceptors (Lipinski definition) is 3. The zero-order valence-electron chi connectivity index (χ0n) is 16.6. The normalized spacial score (nSPS) is 22.7. The molecule has 0 bridgehead atoms. The zero-order chi connectivity index (χ0) is 20.7. The maximum atomic E-state index is 13.8. The van der Waals surface area contributed by atoms with Crippen LogP contribution in [0.5, 0.6) is 0 Å². The van der Waals surface area contributed by atoms with Gasteiger partial charge in [-0.15, -0.1) is 0 Å². The Hall–Kier alpha value is -1.89. The molecule has 0 radical (unpaired) electrons. The predicted molar refractivity (Wildman–Crippen MR) is 108 cm³/mol. The Labute approximate surface area is 170 Å². The molecule has 0 heterocycles. The molecule has 1 aliphatic carbocycles. The summed E-state index contributed by atoms with van der Waals surface area (Å²) in [5, 5.41) is 0. The molecule has 6 heteroatoms. The molecule has 1 saturated carbocycles. The number of nitrogens with zero attached hydrogens (tertiary/aromatic N) is 1. The molecule has 158 valence electrons. The number of rotatable bonds is 8. The molecule has 0 spiro atoms. The predicted octanol–water partition coefficient (Wildman–Crippen LogP) is 4.91. The molecule has 0 aromatic heterocycles. The van der Waals surface area contributed by atoms with Crippen LogP contribution in [0.1, 0.15) is 36.8 Å². The number of alkyl halides is 3. The van der Waals surface area contributed by atoms with Crippen LogP contribution in [-0.4, -0.2) is 35.9 Å². The Morgan fingerprint density at radius 2 is 1.38 bits per heavy atom. The Balaban J connectivity index is 1.74. The Kier molecular flexibility index (Phi) is 7.33. The molecule has 1 aliphatic rings.